The van der Waals surface area contributed by atoms with E-state index in [9.17, 15) is 18.5 Å². The molecule has 1 fully saturated rings. The maximum Gasteiger partial charge on any atom is 0.496 e. The monoisotopic (exact) mass is 435 g/mol. The third-order valence-electron chi connectivity index (χ3n) is 5.19. The molecule has 0 atom stereocenters. The lowest BCUT2D eigenvalue weighted by molar-refractivity contribution is -0.384. The molecule has 0 aliphatic carbocycles. The Balaban J connectivity index is 1.92. The van der Waals surface area contributed by atoms with Crippen molar-refractivity contribution in [3.05, 3.63) is 46.6 Å². The van der Waals surface area contributed by atoms with Crippen LogP contribution in [0.2, 0.25) is 0 Å². The van der Waals surface area contributed by atoms with Crippen molar-refractivity contribution in [2.45, 2.75) is 43.8 Å². The number of nitro groups is 1. The average Bonchev–Trinajstić information content (AvgIpc) is 2.89. The molecule has 160 valence electrons. The lowest BCUT2D eigenvalue weighted by Gasteiger charge is -2.32. The van der Waals surface area contributed by atoms with E-state index >= 15 is 0 Å². The van der Waals surface area contributed by atoms with E-state index in [1.165, 1.54) is 19.4 Å². The third-order valence-corrected chi connectivity index (χ3v) is 6.57. The number of nitrogens with one attached hydrogen (secondary N) is 1. The highest BCUT2D eigenvalue weighted by Crippen LogP contribution is 2.37. The minimum Gasteiger partial charge on any atom is -0.480 e. The van der Waals surface area contributed by atoms with Crippen molar-refractivity contribution in [2.75, 3.05) is 11.8 Å². The van der Waals surface area contributed by atoms with E-state index in [0.29, 0.717) is 5.46 Å². The Hall–Kier alpha value is -2.70. The fourth-order valence-electron chi connectivity index (χ4n) is 2.76. The molecule has 1 aliphatic rings. The summed E-state index contributed by atoms with van der Waals surface area (Å²) in [7, 11) is -3.43. The Morgan fingerprint density at radius 2 is 1.70 bits per heavy atom. The molecule has 2 heterocycles. The number of nitro benzene ring substituents is 1. The summed E-state index contributed by atoms with van der Waals surface area (Å²) < 4.78 is 45.1. The predicted molar refractivity (Wildman–Crippen MR) is 110 cm³/mol. The predicted octanol–water partition coefficient (Wildman–Crippen LogP) is 2.10. The van der Waals surface area contributed by atoms with Crippen LogP contribution in [0.25, 0.3) is 0 Å². The molecule has 10 nitrogen and oxygen atoms in total. The van der Waals surface area contributed by atoms with Crippen molar-refractivity contribution >= 4 is 34.0 Å². The van der Waals surface area contributed by atoms with E-state index in [4.69, 9.17) is 14.0 Å². The molecule has 1 aromatic heterocycles. The topological polar surface area (TPSA) is 130 Å². The van der Waals surface area contributed by atoms with Gasteiger partial charge in [-0.05, 0) is 45.9 Å². The second kappa shape index (κ2) is 7.53. The summed E-state index contributed by atoms with van der Waals surface area (Å²) in [6, 6.07) is 6.06. The maximum absolute atomic E-state index is 12.8. The van der Waals surface area contributed by atoms with Crippen LogP contribution in [0.5, 0.6) is 5.88 Å². The van der Waals surface area contributed by atoms with Gasteiger partial charge >= 0.3 is 7.12 Å². The van der Waals surface area contributed by atoms with E-state index in [0.717, 1.165) is 24.3 Å². The van der Waals surface area contributed by atoms with E-state index in [2.05, 4.69) is 9.71 Å². The number of anilines is 1. The van der Waals surface area contributed by atoms with Gasteiger partial charge in [-0.3, -0.25) is 14.8 Å². The third kappa shape index (κ3) is 4.11. The van der Waals surface area contributed by atoms with E-state index < -0.39 is 33.3 Å². The van der Waals surface area contributed by atoms with E-state index in [1.54, 1.807) is 0 Å². The van der Waals surface area contributed by atoms with E-state index in [1.807, 2.05) is 27.7 Å². The number of methoxy groups -OCH3 is 1. The minimum atomic E-state index is -4.05. The summed E-state index contributed by atoms with van der Waals surface area (Å²) in [6.07, 6.45) is 1.49. The van der Waals surface area contributed by atoms with Crippen molar-refractivity contribution in [2.24, 2.45) is 0 Å². The number of rotatable bonds is 6. The van der Waals surface area contributed by atoms with Gasteiger partial charge in [-0.15, -0.1) is 0 Å². The normalized spacial score (nSPS) is 17.6. The Morgan fingerprint density at radius 3 is 2.20 bits per heavy atom. The zero-order valence-electron chi connectivity index (χ0n) is 17.2. The molecule has 3 rings (SSSR count). The van der Waals surface area contributed by atoms with Crippen molar-refractivity contribution < 1.29 is 27.4 Å². The van der Waals surface area contributed by atoms with Gasteiger partial charge in [-0.25, -0.2) is 13.4 Å². The van der Waals surface area contributed by atoms with Crippen LogP contribution in [0, 0.1) is 10.1 Å². The van der Waals surface area contributed by atoms with Crippen LogP contribution in [-0.2, 0) is 19.3 Å². The smallest absolute Gasteiger partial charge is 0.480 e. The van der Waals surface area contributed by atoms with Gasteiger partial charge in [0.15, 0.2) is 0 Å². The number of hydrogen-bond acceptors (Lipinski definition) is 8. The van der Waals surface area contributed by atoms with E-state index in [-0.39, 0.29) is 22.2 Å². The van der Waals surface area contributed by atoms with Crippen LogP contribution in [0.3, 0.4) is 0 Å². The first-order valence-corrected chi connectivity index (χ1v) is 10.5. The fourth-order valence-corrected chi connectivity index (χ4v) is 3.81. The number of ether oxygens (including phenoxy) is 1. The average molecular weight is 435 g/mol. The second-order valence-electron chi connectivity index (χ2n) is 7.77. The Kier molecular flexibility index (Phi) is 5.52. The molecule has 1 saturated heterocycles. The van der Waals surface area contributed by atoms with Gasteiger partial charge in [0.25, 0.3) is 15.7 Å². The molecule has 0 saturated carbocycles. The summed E-state index contributed by atoms with van der Waals surface area (Å²) in [5, 5.41) is 10.8. The molecular weight excluding hydrogens is 413 g/mol. The zero-order valence-corrected chi connectivity index (χ0v) is 18.0. The van der Waals surface area contributed by atoms with Gasteiger partial charge in [-0.2, -0.15) is 0 Å². The molecule has 1 aromatic carbocycles. The Bertz CT molecular complexity index is 1060. The summed E-state index contributed by atoms with van der Waals surface area (Å²) in [5.74, 6) is 0.0563. The Labute approximate surface area is 174 Å². The number of sulfonamides is 1. The molecule has 1 aliphatic heterocycles. The summed E-state index contributed by atoms with van der Waals surface area (Å²) in [4.78, 5) is 14.2. The summed E-state index contributed by atoms with van der Waals surface area (Å²) >= 11 is 0. The summed E-state index contributed by atoms with van der Waals surface area (Å²) in [5.41, 5.74) is -0.763. The molecular formula is C18H22BN3O7S. The first-order valence-electron chi connectivity index (χ1n) is 9.03. The maximum atomic E-state index is 12.8. The highest BCUT2D eigenvalue weighted by atomic mass is 32.2. The van der Waals surface area contributed by atoms with Gasteiger partial charge in [0.1, 0.15) is 5.69 Å². The fraction of sp³-hybridized carbons (Fsp3) is 0.389. The number of aromatic nitrogens is 1. The summed E-state index contributed by atoms with van der Waals surface area (Å²) in [6.45, 7) is 7.62. The van der Waals surface area contributed by atoms with Gasteiger partial charge in [0.05, 0.1) is 28.1 Å². The quantitative estimate of drug-likeness (QED) is 0.415. The van der Waals surface area contributed by atoms with Gasteiger partial charge in [0.2, 0.25) is 5.88 Å². The number of benzene rings is 1. The van der Waals surface area contributed by atoms with Crippen molar-refractivity contribution in [3.63, 3.8) is 0 Å². The lowest BCUT2D eigenvalue weighted by Crippen LogP contribution is -2.41. The van der Waals surface area contributed by atoms with Gasteiger partial charge in [0, 0.05) is 23.8 Å². The lowest BCUT2D eigenvalue weighted by atomic mass is 9.80. The second-order valence-corrected chi connectivity index (χ2v) is 9.45. The van der Waals surface area contributed by atoms with Crippen LogP contribution in [0.15, 0.2) is 41.4 Å². The highest BCUT2D eigenvalue weighted by molar-refractivity contribution is 7.92. The molecule has 1 N–H and O–H groups in total. The van der Waals surface area contributed by atoms with Crippen LogP contribution in [0.4, 0.5) is 11.4 Å². The molecule has 0 amide bonds. The van der Waals surface area contributed by atoms with Gasteiger partial charge in [-0.1, -0.05) is 0 Å². The molecule has 0 bridgehead atoms. The van der Waals surface area contributed by atoms with Crippen LogP contribution >= 0.6 is 0 Å². The first-order chi connectivity index (χ1) is 13.9. The number of nitrogens with zero attached hydrogens (tertiary/aromatic N) is 2. The molecule has 12 heteroatoms. The van der Waals surface area contributed by atoms with Crippen molar-refractivity contribution in [1.29, 1.82) is 0 Å². The number of pyridine rings is 1. The largest absolute Gasteiger partial charge is 0.496 e. The van der Waals surface area contributed by atoms with Crippen LogP contribution in [0.1, 0.15) is 27.7 Å². The number of non-ortho nitro benzene ring substituents is 1. The van der Waals surface area contributed by atoms with Crippen molar-refractivity contribution in [3.8, 4) is 5.88 Å². The SMILES string of the molecule is COc1ncc(B2OC(C)(C)C(C)(C)O2)cc1NS(=O)(=O)c1ccc([N+](=O)[O-])cc1. The molecule has 0 unspecified atom stereocenters. The number of hydrogen-bond donors (Lipinski definition) is 1. The minimum absolute atomic E-state index is 0.0563. The van der Waals surface area contributed by atoms with Gasteiger partial charge < -0.3 is 14.0 Å². The highest BCUT2D eigenvalue weighted by Gasteiger charge is 2.52. The van der Waals surface area contributed by atoms with Crippen molar-refractivity contribution in [1.82, 2.24) is 4.98 Å². The van der Waals surface area contributed by atoms with Crippen LogP contribution < -0.4 is 14.9 Å². The first kappa shape index (κ1) is 22.0. The molecule has 0 radical (unpaired) electrons. The standard InChI is InChI=1S/C18H22BN3O7S/c1-17(2)18(3,4)29-19(28-17)12-10-15(16(27-5)20-11-12)21-30(25,26)14-8-6-13(7-9-14)22(23)24/h6-11,21H,1-5H3. The Morgan fingerprint density at radius 1 is 1.13 bits per heavy atom. The molecule has 0 spiro atoms. The van der Waals surface area contributed by atoms with Crippen LogP contribution in [-0.4, -0.2) is 43.8 Å². The molecule has 30 heavy (non-hydrogen) atoms. The molecule has 2 aromatic rings. The zero-order chi connectivity index (χ0) is 22.3.